The Bertz CT molecular complexity index is 488. The third-order valence-electron chi connectivity index (χ3n) is 2.33. The van der Waals surface area contributed by atoms with Gasteiger partial charge in [-0.05, 0) is 13.0 Å². The van der Waals surface area contributed by atoms with Gasteiger partial charge in [0.15, 0.2) is 5.78 Å². The molecule has 82 valence electrons. The topological polar surface area (TPSA) is 71.8 Å². The number of benzene rings is 1. The highest BCUT2D eigenvalue weighted by atomic mass is 16.1. The molecule has 0 amide bonds. The van der Waals surface area contributed by atoms with E-state index >= 15 is 0 Å². The van der Waals surface area contributed by atoms with Crippen LogP contribution in [0.5, 0.6) is 0 Å². The van der Waals surface area contributed by atoms with Crippen LogP contribution in [0.2, 0.25) is 0 Å². The van der Waals surface area contributed by atoms with Crippen molar-refractivity contribution in [2.24, 2.45) is 5.73 Å². The molecule has 1 heterocycles. The van der Waals surface area contributed by atoms with Gasteiger partial charge in [-0.3, -0.25) is 9.89 Å². The largest absolute Gasteiger partial charge is 0.321 e. The highest BCUT2D eigenvalue weighted by Crippen LogP contribution is 2.17. The first-order valence-corrected chi connectivity index (χ1v) is 5.09. The van der Waals surface area contributed by atoms with Gasteiger partial charge in [0.2, 0.25) is 0 Å². The fraction of sp³-hybridized carbons (Fsp3) is 0.167. The molecular weight excluding hydrogens is 202 g/mol. The van der Waals surface area contributed by atoms with E-state index in [9.17, 15) is 4.79 Å². The maximum atomic E-state index is 11.6. The minimum absolute atomic E-state index is 0.130. The first kappa shape index (κ1) is 10.6. The van der Waals surface area contributed by atoms with Crippen molar-refractivity contribution in [3.05, 3.63) is 42.1 Å². The zero-order chi connectivity index (χ0) is 11.5. The first-order chi connectivity index (χ1) is 7.68. The number of rotatable bonds is 3. The number of carbonyl (C=O) groups excluding carboxylic acids is 1. The maximum Gasteiger partial charge on any atom is 0.196 e. The Morgan fingerprint density at radius 1 is 1.38 bits per heavy atom. The van der Waals surface area contributed by atoms with E-state index in [4.69, 9.17) is 5.73 Å². The number of nitrogens with two attached hydrogens (primary N) is 1. The van der Waals surface area contributed by atoms with Gasteiger partial charge in [0.25, 0.3) is 0 Å². The molecule has 4 nitrogen and oxygen atoms in total. The van der Waals surface area contributed by atoms with Gasteiger partial charge >= 0.3 is 0 Å². The van der Waals surface area contributed by atoms with Crippen molar-refractivity contribution < 1.29 is 4.79 Å². The number of aromatic nitrogens is 2. The molecule has 1 unspecified atom stereocenters. The molecule has 0 aliphatic carbocycles. The summed E-state index contributed by atoms with van der Waals surface area (Å²) in [4.78, 5) is 11.6. The number of ketones is 1. The van der Waals surface area contributed by atoms with Gasteiger partial charge in [-0.15, -0.1) is 0 Å². The second-order valence-corrected chi connectivity index (χ2v) is 3.69. The monoisotopic (exact) mass is 215 g/mol. The summed E-state index contributed by atoms with van der Waals surface area (Å²) in [5.41, 5.74) is 7.70. The van der Waals surface area contributed by atoms with Crippen molar-refractivity contribution in [1.29, 1.82) is 0 Å². The summed E-state index contributed by atoms with van der Waals surface area (Å²) in [6, 6.07) is 10.9. The van der Waals surface area contributed by atoms with E-state index in [0.717, 1.165) is 11.3 Å². The number of carbonyl (C=O) groups is 1. The quantitative estimate of drug-likeness (QED) is 0.764. The van der Waals surface area contributed by atoms with Gasteiger partial charge in [-0.2, -0.15) is 5.10 Å². The van der Waals surface area contributed by atoms with E-state index < -0.39 is 6.04 Å². The summed E-state index contributed by atoms with van der Waals surface area (Å²) in [6.07, 6.45) is 0. The fourth-order valence-corrected chi connectivity index (χ4v) is 1.45. The molecule has 1 aromatic carbocycles. The van der Waals surface area contributed by atoms with Crippen LogP contribution in [0.25, 0.3) is 11.3 Å². The maximum absolute atomic E-state index is 11.6. The zero-order valence-corrected chi connectivity index (χ0v) is 8.97. The van der Waals surface area contributed by atoms with Gasteiger partial charge in [0.1, 0.15) is 5.69 Å². The van der Waals surface area contributed by atoms with Crippen molar-refractivity contribution >= 4 is 5.78 Å². The average Bonchev–Trinajstić information content (AvgIpc) is 2.78. The lowest BCUT2D eigenvalue weighted by Gasteiger charge is -1.99. The Morgan fingerprint density at radius 2 is 2.06 bits per heavy atom. The molecule has 0 aliphatic rings. The Morgan fingerprint density at radius 3 is 2.69 bits per heavy atom. The Kier molecular flexibility index (Phi) is 2.83. The third-order valence-corrected chi connectivity index (χ3v) is 2.33. The van der Waals surface area contributed by atoms with Crippen LogP contribution in [0.4, 0.5) is 0 Å². The summed E-state index contributed by atoms with van der Waals surface area (Å²) in [7, 11) is 0. The van der Waals surface area contributed by atoms with Gasteiger partial charge in [-0.1, -0.05) is 30.3 Å². The second kappa shape index (κ2) is 4.28. The Hall–Kier alpha value is -1.94. The predicted octanol–water partition coefficient (Wildman–Crippen LogP) is 1.61. The van der Waals surface area contributed by atoms with E-state index in [1.165, 1.54) is 0 Å². The highest BCUT2D eigenvalue weighted by molar-refractivity contribution is 5.98. The van der Waals surface area contributed by atoms with E-state index in [2.05, 4.69) is 10.2 Å². The molecule has 2 rings (SSSR count). The normalized spacial score (nSPS) is 12.4. The predicted molar refractivity (Wildman–Crippen MR) is 62.0 cm³/mol. The van der Waals surface area contributed by atoms with E-state index in [1.807, 2.05) is 30.3 Å². The van der Waals surface area contributed by atoms with Crippen LogP contribution in [-0.4, -0.2) is 22.0 Å². The Balaban J connectivity index is 2.30. The molecule has 0 saturated carbocycles. The SMILES string of the molecule is CC(N)C(=O)c1cc(-c2ccccc2)n[nH]1. The van der Waals surface area contributed by atoms with Crippen molar-refractivity contribution in [2.45, 2.75) is 13.0 Å². The van der Waals surface area contributed by atoms with Crippen LogP contribution in [-0.2, 0) is 0 Å². The molecule has 4 heteroatoms. The van der Waals surface area contributed by atoms with Crippen molar-refractivity contribution in [3.63, 3.8) is 0 Å². The number of nitrogens with zero attached hydrogens (tertiary/aromatic N) is 1. The molecule has 1 atom stereocenters. The second-order valence-electron chi connectivity index (χ2n) is 3.69. The molecule has 0 radical (unpaired) electrons. The lowest BCUT2D eigenvalue weighted by atomic mass is 10.1. The number of hydrogen-bond acceptors (Lipinski definition) is 3. The van der Waals surface area contributed by atoms with E-state index in [0.29, 0.717) is 5.69 Å². The zero-order valence-electron chi connectivity index (χ0n) is 8.97. The van der Waals surface area contributed by atoms with Gasteiger partial charge in [0.05, 0.1) is 11.7 Å². The molecule has 0 saturated heterocycles. The molecular formula is C12H13N3O. The highest BCUT2D eigenvalue weighted by Gasteiger charge is 2.14. The molecule has 0 aliphatic heterocycles. The van der Waals surface area contributed by atoms with Gasteiger partial charge in [-0.25, -0.2) is 0 Å². The van der Waals surface area contributed by atoms with Crippen LogP contribution in [0.1, 0.15) is 17.4 Å². The third kappa shape index (κ3) is 2.01. The van der Waals surface area contributed by atoms with Crippen LogP contribution >= 0.6 is 0 Å². The number of aromatic amines is 1. The molecule has 0 fully saturated rings. The lowest BCUT2D eigenvalue weighted by Crippen LogP contribution is -2.26. The summed E-state index contributed by atoms with van der Waals surface area (Å²) in [6.45, 7) is 1.66. The molecule has 1 aromatic heterocycles. The number of Topliss-reactive ketones (excluding diaryl/α,β-unsaturated/α-hetero) is 1. The molecule has 2 aromatic rings. The van der Waals surface area contributed by atoms with Crippen LogP contribution in [0, 0.1) is 0 Å². The van der Waals surface area contributed by atoms with Crippen LogP contribution in [0.3, 0.4) is 0 Å². The molecule has 0 spiro atoms. The van der Waals surface area contributed by atoms with Crippen molar-refractivity contribution in [3.8, 4) is 11.3 Å². The Labute approximate surface area is 93.5 Å². The summed E-state index contributed by atoms with van der Waals surface area (Å²) in [5.74, 6) is -0.130. The molecule has 16 heavy (non-hydrogen) atoms. The lowest BCUT2D eigenvalue weighted by molar-refractivity contribution is 0.0963. The number of H-pyrrole nitrogens is 1. The number of hydrogen-bond donors (Lipinski definition) is 2. The summed E-state index contributed by atoms with van der Waals surface area (Å²) < 4.78 is 0. The summed E-state index contributed by atoms with van der Waals surface area (Å²) in [5, 5.41) is 6.79. The fourth-order valence-electron chi connectivity index (χ4n) is 1.45. The number of nitrogens with one attached hydrogen (secondary N) is 1. The standard InChI is InChI=1S/C12H13N3O/c1-8(13)12(16)11-7-10(14-15-11)9-5-3-2-4-6-9/h2-8H,13H2,1H3,(H,14,15). The molecule has 3 N–H and O–H groups in total. The van der Waals surface area contributed by atoms with E-state index in [1.54, 1.807) is 13.0 Å². The smallest absolute Gasteiger partial charge is 0.196 e. The van der Waals surface area contributed by atoms with E-state index in [-0.39, 0.29) is 5.78 Å². The van der Waals surface area contributed by atoms with Crippen LogP contribution in [0.15, 0.2) is 36.4 Å². The first-order valence-electron chi connectivity index (χ1n) is 5.09. The molecule has 0 bridgehead atoms. The minimum Gasteiger partial charge on any atom is -0.321 e. The average molecular weight is 215 g/mol. The summed E-state index contributed by atoms with van der Waals surface area (Å²) >= 11 is 0. The van der Waals surface area contributed by atoms with Gasteiger partial charge < -0.3 is 5.73 Å². The van der Waals surface area contributed by atoms with Crippen LogP contribution < -0.4 is 5.73 Å². The van der Waals surface area contributed by atoms with Gasteiger partial charge in [0, 0.05) is 5.56 Å². The minimum atomic E-state index is -0.510. The van der Waals surface area contributed by atoms with Crippen molar-refractivity contribution in [1.82, 2.24) is 10.2 Å². The van der Waals surface area contributed by atoms with Crippen molar-refractivity contribution in [2.75, 3.05) is 0 Å².